The lowest BCUT2D eigenvalue weighted by Crippen LogP contribution is -2.50. The van der Waals surface area contributed by atoms with Crippen LogP contribution in [0.5, 0.6) is 11.5 Å². The van der Waals surface area contributed by atoms with Crippen molar-refractivity contribution in [3.8, 4) is 11.5 Å². The van der Waals surface area contributed by atoms with E-state index >= 15 is 0 Å². The molecule has 0 spiro atoms. The van der Waals surface area contributed by atoms with Gasteiger partial charge >= 0.3 is 0 Å². The van der Waals surface area contributed by atoms with E-state index in [1.165, 1.54) is 38.5 Å². The van der Waals surface area contributed by atoms with Crippen molar-refractivity contribution in [2.24, 2.45) is 22.9 Å². The molecule has 1 aromatic heterocycles. The third kappa shape index (κ3) is 11.5. The first kappa shape index (κ1) is 41.8. The molecule has 0 fully saturated rings. The van der Waals surface area contributed by atoms with Gasteiger partial charge in [-0.05, 0) is 106 Å². The molecule has 0 saturated carbocycles. The van der Waals surface area contributed by atoms with Crippen LogP contribution in [-0.2, 0) is 20.8 Å². The summed E-state index contributed by atoms with van der Waals surface area (Å²) in [4.78, 5) is 69.3. The lowest BCUT2D eigenvalue weighted by molar-refractivity contribution is -0.127. The summed E-state index contributed by atoms with van der Waals surface area (Å²) in [6, 6.07) is 13.7. The van der Waals surface area contributed by atoms with Gasteiger partial charge in [0, 0.05) is 28.5 Å². The predicted molar refractivity (Wildman–Crippen MR) is 211 cm³/mol. The number of benzene rings is 3. The van der Waals surface area contributed by atoms with Crippen LogP contribution < -0.4 is 53.7 Å². The highest BCUT2D eigenvalue weighted by Crippen LogP contribution is 2.25. The summed E-state index contributed by atoms with van der Waals surface area (Å²) in [7, 11) is 2.78. The van der Waals surface area contributed by atoms with Gasteiger partial charge in [-0.2, -0.15) is 0 Å². The molecule has 3 atom stereocenters. The number of methoxy groups -OCH3 is 2. The second kappa shape index (κ2) is 20.5. The molecule has 0 bridgehead atoms. The minimum Gasteiger partial charge on any atom is -0.496 e. The van der Waals surface area contributed by atoms with E-state index in [1.807, 2.05) is 30.5 Å². The quantitative estimate of drug-likeness (QED) is 0.0560. The van der Waals surface area contributed by atoms with Crippen molar-refractivity contribution in [3.05, 3.63) is 83.6 Å². The minimum absolute atomic E-state index is 0.0434. The Morgan fingerprint density at radius 2 is 1.25 bits per heavy atom. The highest BCUT2D eigenvalue weighted by molar-refractivity contribution is 6.05. The standard InChI is InChI=1S/C39H51N9O7/c1-54-33-15-13-24(20-27(33)35(43)49)45-38(52)31(11-5-7-17-40)47-36(50)28-21-25(14-16-34(28)55-2)46-39(53)32(12-6-8-18-41)48-37(51)29(42)19-23-22-44-30-10-4-3-9-26(23)30/h3-4,9-10,13-16,20-22,29,31-32,44H,5-8,11-12,17-19,40-42H2,1-2H3,(H2,43,49)(H,45,52)(H,46,53)(H,47,50)(H,48,51)/t29-,31?,32?/m0/s1. The molecule has 5 amide bonds. The first-order valence-corrected chi connectivity index (χ1v) is 18.1. The zero-order valence-corrected chi connectivity index (χ0v) is 31.1. The maximum absolute atomic E-state index is 13.8. The molecule has 0 aliphatic heterocycles. The molecule has 4 aromatic rings. The van der Waals surface area contributed by atoms with Crippen molar-refractivity contribution >= 4 is 51.8 Å². The van der Waals surface area contributed by atoms with E-state index < -0.39 is 47.7 Å². The van der Waals surface area contributed by atoms with Crippen LogP contribution in [0.15, 0.2) is 66.9 Å². The van der Waals surface area contributed by atoms with Crippen LogP contribution in [-0.4, -0.2) is 80.0 Å². The summed E-state index contributed by atoms with van der Waals surface area (Å²) in [5.74, 6) is -2.52. The fourth-order valence-corrected chi connectivity index (χ4v) is 6.07. The molecule has 0 aliphatic rings. The number of para-hydroxylation sites is 1. The highest BCUT2D eigenvalue weighted by atomic mass is 16.5. The smallest absolute Gasteiger partial charge is 0.255 e. The third-order valence-corrected chi connectivity index (χ3v) is 9.04. The highest BCUT2D eigenvalue weighted by Gasteiger charge is 2.27. The van der Waals surface area contributed by atoms with Gasteiger partial charge in [-0.15, -0.1) is 0 Å². The predicted octanol–water partition coefficient (Wildman–Crippen LogP) is 2.27. The number of nitrogens with one attached hydrogen (secondary N) is 5. The molecule has 1 heterocycles. The average molecular weight is 758 g/mol. The Balaban J connectivity index is 1.49. The molecule has 3 aromatic carbocycles. The number of ether oxygens (including phenoxy) is 2. The summed E-state index contributed by atoms with van der Waals surface area (Å²) in [5.41, 5.74) is 25.6. The molecule has 4 rings (SSSR count). The fraction of sp³-hybridized carbons (Fsp3) is 0.359. The van der Waals surface area contributed by atoms with Gasteiger partial charge in [0.1, 0.15) is 23.6 Å². The molecule has 0 saturated heterocycles. The van der Waals surface area contributed by atoms with E-state index in [9.17, 15) is 24.0 Å². The number of fused-ring (bicyclic) bond motifs is 1. The number of primary amides is 1. The fourth-order valence-electron chi connectivity index (χ4n) is 6.07. The van der Waals surface area contributed by atoms with Crippen molar-refractivity contribution < 1.29 is 33.4 Å². The number of aromatic nitrogens is 1. The lowest BCUT2D eigenvalue weighted by Gasteiger charge is -2.22. The summed E-state index contributed by atoms with van der Waals surface area (Å²) < 4.78 is 10.6. The SMILES string of the molecule is COc1ccc(NC(=O)C(CCCCN)NC(=O)c2cc(NC(=O)C(CCCCN)NC(=O)[C@@H](N)Cc3c[nH]c4ccccc34)ccc2OC)cc1C(N)=O. The number of H-pyrrole nitrogens is 1. The van der Waals surface area contributed by atoms with Crippen LogP contribution in [0.4, 0.5) is 11.4 Å². The molecular formula is C39H51N9O7. The van der Waals surface area contributed by atoms with E-state index in [0.29, 0.717) is 45.2 Å². The second-order valence-electron chi connectivity index (χ2n) is 13.0. The van der Waals surface area contributed by atoms with Gasteiger partial charge in [0.05, 0.1) is 31.4 Å². The average Bonchev–Trinajstić information content (AvgIpc) is 3.59. The molecule has 55 heavy (non-hydrogen) atoms. The van der Waals surface area contributed by atoms with Crippen molar-refractivity contribution in [1.82, 2.24) is 15.6 Å². The summed E-state index contributed by atoms with van der Waals surface area (Å²) in [6.07, 6.45) is 4.96. The number of anilines is 2. The second-order valence-corrected chi connectivity index (χ2v) is 13.0. The van der Waals surface area contributed by atoms with Gasteiger partial charge in [-0.1, -0.05) is 18.2 Å². The zero-order chi connectivity index (χ0) is 39.9. The topological polar surface area (TPSA) is 272 Å². The van der Waals surface area contributed by atoms with E-state index in [1.54, 1.807) is 12.1 Å². The van der Waals surface area contributed by atoms with Crippen LogP contribution in [0.3, 0.4) is 0 Å². The Bertz CT molecular complexity index is 1960. The number of hydrogen-bond donors (Lipinski definition) is 9. The number of hydrogen-bond acceptors (Lipinski definition) is 10. The van der Waals surface area contributed by atoms with Gasteiger partial charge < -0.3 is 58.7 Å². The van der Waals surface area contributed by atoms with Crippen molar-refractivity contribution in [2.45, 2.75) is 63.1 Å². The number of nitrogens with two attached hydrogens (primary N) is 4. The maximum Gasteiger partial charge on any atom is 0.255 e. The molecule has 2 unspecified atom stereocenters. The first-order chi connectivity index (χ1) is 26.5. The summed E-state index contributed by atoms with van der Waals surface area (Å²) >= 11 is 0. The number of carbonyl (C=O) groups is 5. The van der Waals surface area contributed by atoms with Crippen LogP contribution in [0.2, 0.25) is 0 Å². The number of aromatic amines is 1. The Labute approximate surface area is 319 Å². The van der Waals surface area contributed by atoms with Gasteiger partial charge in [0.2, 0.25) is 17.7 Å². The van der Waals surface area contributed by atoms with Gasteiger partial charge in [-0.3, -0.25) is 24.0 Å². The zero-order valence-electron chi connectivity index (χ0n) is 31.1. The number of amides is 5. The number of unbranched alkanes of at least 4 members (excludes halogenated alkanes) is 2. The normalized spacial score (nSPS) is 12.6. The summed E-state index contributed by atoms with van der Waals surface area (Å²) in [5, 5.41) is 12.0. The van der Waals surface area contributed by atoms with Crippen LogP contribution >= 0.6 is 0 Å². The van der Waals surface area contributed by atoms with Crippen molar-refractivity contribution in [1.29, 1.82) is 0 Å². The largest absolute Gasteiger partial charge is 0.496 e. The lowest BCUT2D eigenvalue weighted by atomic mass is 10.0. The molecule has 16 nitrogen and oxygen atoms in total. The van der Waals surface area contributed by atoms with Crippen molar-refractivity contribution in [2.75, 3.05) is 37.9 Å². The Hall–Kier alpha value is -5.97. The number of carbonyl (C=O) groups excluding carboxylic acids is 5. The minimum atomic E-state index is -1.02. The maximum atomic E-state index is 13.8. The van der Waals surface area contributed by atoms with E-state index in [0.717, 1.165) is 16.5 Å². The Morgan fingerprint density at radius 1 is 0.709 bits per heavy atom. The molecule has 0 radical (unpaired) electrons. The van der Waals surface area contributed by atoms with Crippen LogP contribution in [0.1, 0.15) is 64.8 Å². The van der Waals surface area contributed by atoms with Gasteiger partial charge in [-0.25, -0.2) is 0 Å². The van der Waals surface area contributed by atoms with Gasteiger partial charge in [0.15, 0.2) is 0 Å². The molecule has 294 valence electrons. The Morgan fingerprint density at radius 3 is 1.82 bits per heavy atom. The molecule has 13 N–H and O–H groups in total. The van der Waals surface area contributed by atoms with E-state index in [2.05, 4.69) is 26.3 Å². The molecule has 0 aliphatic carbocycles. The van der Waals surface area contributed by atoms with E-state index in [4.69, 9.17) is 32.4 Å². The van der Waals surface area contributed by atoms with Crippen LogP contribution in [0, 0.1) is 0 Å². The monoisotopic (exact) mass is 757 g/mol. The Kier molecular flexibility index (Phi) is 15.6. The van der Waals surface area contributed by atoms with Crippen LogP contribution in [0.25, 0.3) is 10.9 Å². The van der Waals surface area contributed by atoms with Crippen molar-refractivity contribution in [3.63, 3.8) is 0 Å². The summed E-state index contributed by atoms with van der Waals surface area (Å²) in [6.45, 7) is 0.807. The third-order valence-electron chi connectivity index (χ3n) is 9.04. The first-order valence-electron chi connectivity index (χ1n) is 18.1. The molecule has 16 heteroatoms. The number of rotatable bonds is 21. The van der Waals surface area contributed by atoms with Gasteiger partial charge in [0.25, 0.3) is 11.8 Å². The van der Waals surface area contributed by atoms with E-state index in [-0.39, 0.29) is 46.8 Å². The molecular weight excluding hydrogens is 706 g/mol.